The second-order valence-electron chi connectivity index (χ2n) is 7.37. The molecule has 150 valence electrons. The smallest absolute Gasteiger partial charge is 0.157 e. The summed E-state index contributed by atoms with van der Waals surface area (Å²) in [5.41, 5.74) is 0. The quantitative estimate of drug-likeness (QED) is 0.419. The van der Waals surface area contributed by atoms with Gasteiger partial charge in [0, 0.05) is 6.61 Å². The molecule has 3 heteroatoms. The van der Waals surface area contributed by atoms with E-state index in [-0.39, 0.29) is 6.29 Å². The Morgan fingerprint density at radius 2 is 1.28 bits per heavy atom. The molecule has 1 heterocycles. The first kappa shape index (κ1) is 20.2. The first-order valence-electron chi connectivity index (χ1n) is 10.5. The van der Waals surface area contributed by atoms with Gasteiger partial charge in [-0.05, 0) is 48.5 Å². The number of ether oxygens (including phenoxy) is 2. The monoisotopic (exact) mass is 404 g/mol. The third-order valence-corrected chi connectivity index (χ3v) is 9.60. The lowest BCUT2D eigenvalue weighted by atomic mass is 10.2. The highest BCUT2D eigenvalue weighted by atomic mass is 31.2. The lowest BCUT2D eigenvalue weighted by molar-refractivity contribution is -0.160. The topological polar surface area (TPSA) is 18.5 Å². The van der Waals surface area contributed by atoms with Crippen molar-refractivity contribution in [3.63, 3.8) is 0 Å². The van der Waals surface area contributed by atoms with Gasteiger partial charge in [-0.15, -0.1) is 0 Å². The summed E-state index contributed by atoms with van der Waals surface area (Å²) >= 11 is 0. The predicted molar refractivity (Wildman–Crippen MR) is 125 cm³/mol. The molecule has 0 N–H and O–H groups in total. The summed E-state index contributed by atoms with van der Waals surface area (Å²) in [6.07, 6.45) is 4.22. The second-order valence-corrected chi connectivity index (χ2v) is 10.7. The molecule has 3 aromatic rings. The van der Waals surface area contributed by atoms with Gasteiger partial charge in [-0.1, -0.05) is 96.8 Å². The molecule has 1 fully saturated rings. The van der Waals surface area contributed by atoms with E-state index >= 15 is 0 Å². The number of hydrogen-bond donors (Lipinski definition) is 0. The molecule has 1 saturated heterocycles. The lowest BCUT2D eigenvalue weighted by Gasteiger charge is -2.29. The van der Waals surface area contributed by atoms with Gasteiger partial charge in [0.2, 0.25) is 0 Å². The molecule has 1 aliphatic heterocycles. The zero-order valence-electron chi connectivity index (χ0n) is 16.8. The van der Waals surface area contributed by atoms with Gasteiger partial charge in [0.25, 0.3) is 0 Å². The van der Waals surface area contributed by atoms with Gasteiger partial charge in [-0.3, -0.25) is 0 Å². The van der Waals surface area contributed by atoms with Crippen molar-refractivity contribution in [1.29, 1.82) is 0 Å². The summed E-state index contributed by atoms with van der Waals surface area (Å²) in [5, 5.41) is 4.14. The normalized spacial score (nSPS) is 17.0. The van der Waals surface area contributed by atoms with Crippen LogP contribution in [0, 0.1) is 0 Å². The average molecular weight is 404 g/mol. The van der Waals surface area contributed by atoms with Crippen LogP contribution >= 0.6 is 6.89 Å². The van der Waals surface area contributed by atoms with E-state index in [2.05, 4.69) is 96.8 Å². The highest BCUT2D eigenvalue weighted by Crippen LogP contribution is 2.43. The first-order valence-corrected chi connectivity index (χ1v) is 12.4. The summed E-state index contributed by atoms with van der Waals surface area (Å²) in [6.45, 7) is -0.353. The minimum absolute atomic E-state index is 0.0324. The fourth-order valence-electron chi connectivity index (χ4n) is 4.04. The van der Waals surface area contributed by atoms with E-state index in [9.17, 15) is 0 Å². The van der Waals surface area contributed by atoms with Crippen molar-refractivity contribution in [3.05, 3.63) is 91.0 Å². The maximum Gasteiger partial charge on any atom is 0.157 e. The molecule has 1 atom stereocenters. The average Bonchev–Trinajstić information content (AvgIpc) is 2.82. The molecule has 0 aromatic heterocycles. The van der Waals surface area contributed by atoms with Crippen LogP contribution in [0.2, 0.25) is 0 Å². The molecule has 1 aliphatic rings. The Kier molecular flexibility index (Phi) is 7.00. The van der Waals surface area contributed by atoms with Crippen molar-refractivity contribution in [1.82, 2.24) is 0 Å². The highest BCUT2D eigenvalue weighted by Gasteiger charge is 2.24. The maximum atomic E-state index is 6.05. The van der Waals surface area contributed by atoms with E-state index in [1.807, 2.05) is 0 Å². The van der Waals surface area contributed by atoms with Crippen LogP contribution in [0.4, 0.5) is 0 Å². The molecular weight excluding hydrogens is 375 g/mol. The Balaban J connectivity index is 1.73. The summed E-state index contributed by atoms with van der Waals surface area (Å²) < 4.78 is 11.8. The standard InChI is InChI=1S/C26H29O2P/c1-4-13-23(14-5-1)29(24-15-6-2-7-16-24,25-17-8-3-9-18-25)22-12-21-28-26-19-10-11-20-27-26/h1-9,13-18,22,26H,10-12,19-21H2. The molecule has 0 aliphatic carbocycles. The zero-order valence-corrected chi connectivity index (χ0v) is 17.7. The molecule has 1 unspecified atom stereocenters. The molecule has 2 nitrogen and oxygen atoms in total. The van der Waals surface area contributed by atoms with Gasteiger partial charge in [0.05, 0.1) is 6.61 Å². The third-order valence-electron chi connectivity index (χ3n) is 5.45. The summed E-state index contributed by atoms with van der Waals surface area (Å²) in [7, 11) is 0. The third kappa shape index (κ3) is 4.73. The molecule has 4 rings (SSSR count). The Morgan fingerprint density at radius 1 is 0.759 bits per heavy atom. The van der Waals surface area contributed by atoms with Crippen LogP contribution in [0.25, 0.3) is 0 Å². The second kappa shape index (κ2) is 10.1. The minimum Gasteiger partial charge on any atom is -0.353 e. The van der Waals surface area contributed by atoms with E-state index in [4.69, 9.17) is 9.47 Å². The highest BCUT2D eigenvalue weighted by molar-refractivity contribution is 7.94. The maximum absolute atomic E-state index is 6.05. The van der Waals surface area contributed by atoms with Crippen LogP contribution in [-0.2, 0) is 9.47 Å². The fraction of sp³-hybridized carbons (Fsp3) is 0.269. The largest absolute Gasteiger partial charge is 0.353 e. The van der Waals surface area contributed by atoms with Crippen molar-refractivity contribution in [2.24, 2.45) is 0 Å². The van der Waals surface area contributed by atoms with E-state index in [0.717, 1.165) is 25.9 Å². The summed E-state index contributed by atoms with van der Waals surface area (Å²) in [6, 6.07) is 32.8. The Bertz CT molecular complexity index is 813. The molecule has 3 aromatic carbocycles. The van der Waals surface area contributed by atoms with Crippen LogP contribution in [0.1, 0.15) is 25.7 Å². The van der Waals surface area contributed by atoms with E-state index in [1.165, 1.54) is 22.3 Å². The van der Waals surface area contributed by atoms with Crippen molar-refractivity contribution in [3.8, 4) is 0 Å². The fourth-order valence-corrected chi connectivity index (χ4v) is 7.99. The predicted octanol–water partition coefficient (Wildman–Crippen LogP) is 4.72. The van der Waals surface area contributed by atoms with Crippen molar-refractivity contribution in [2.45, 2.75) is 32.0 Å². The van der Waals surface area contributed by atoms with Crippen molar-refractivity contribution in [2.75, 3.05) is 13.2 Å². The number of hydrogen-bond acceptors (Lipinski definition) is 2. The van der Waals surface area contributed by atoms with Gasteiger partial charge in [0.1, 0.15) is 0 Å². The first-order chi connectivity index (χ1) is 14.4. The SMILES string of the molecule is C(CCOC1CCCCO1)=P(c1ccccc1)(c1ccccc1)c1ccccc1. The van der Waals surface area contributed by atoms with Crippen molar-refractivity contribution < 1.29 is 9.47 Å². The molecule has 0 radical (unpaired) electrons. The minimum atomic E-state index is -1.87. The lowest BCUT2D eigenvalue weighted by Crippen LogP contribution is -2.27. The summed E-state index contributed by atoms with van der Waals surface area (Å²) in [5.74, 6) is 2.52. The van der Waals surface area contributed by atoms with Crippen molar-refractivity contribution >= 4 is 28.6 Å². The van der Waals surface area contributed by atoms with Gasteiger partial charge in [-0.2, -0.15) is 0 Å². The van der Waals surface area contributed by atoms with Gasteiger partial charge >= 0.3 is 0 Å². The van der Waals surface area contributed by atoms with Crippen LogP contribution < -0.4 is 15.9 Å². The molecule has 0 spiro atoms. The molecule has 0 bridgehead atoms. The summed E-state index contributed by atoms with van der Waals surface area (Å²) in [4.78, 5) is 0. The molecule has 0 saturated carbocycles. The van der Waals surface area contributed by atoms with Crippen LogP contribution in [-0.4, -0.2) is 25.3 Å². The molecule has 0 amide bonds. The molecule has 29 heavy (non-hydrogen) atoms. The van der Waals surface area contributed by atoms with Gasteiger partial charge in [0.15, 0.2) is 6.29 Å². The Labute approximate surface area is 174 Å². The van der Waals surface area contributed by atoms with Crippen LogP contribution in [0.5, 0.6) is 0 Å². The Hall–Kier alpha value is -2.12. The number of rotatable bonds is 7. The van der Waals surface area contributed by atoms with E-state index < -0.39 is 6.89 Å². The van der Waals surface area contributed by atoms with Crippen LogP contribution in [0.3, 0.4) is 0 Å². The van der Waals surface area contributed by atoms with E-state index in [0.29, 0.717) is 6.61 Å². The zero-order chi connectivity index (χ0) is 19.8. The molecular formula is C26H29O2P. The van der Waals surface area contributed by atoms with E-state index in [1.54, 1.807) is 0 Å². The van der Waals surface area contributed by atoms with Crippen LogP contribution in [0.15, 0.2) is 91.0 Å². The van der Waals surface area contributed by atoms with Gasteiger partial charge < -0.3 is 9.47 Å². The number of benzene rings is 3. The Morgan fingerprint density at radius 3 is 1.72 bits per heavy atom. The van der Waals surface area contributed by atoms with Gasteiger partial charge in [-0.25, -0.2) is 0 Å².